The van der Waals surface area contributed by atoms with Gasteiger partial charge in [-0.05, 0) is 25.2 Å². The molecule has 1 aromatic heterocycles. The molecule has 0 aliphatic rings. The number of anilines is 1. The second-order valence-corrected chi connectivity index (χ2v) is 4.95. The highest BCUT2D eigenvalue weighted by atomic mass is 16.5. The highest BCUT2D eigenvalue weighted by Gasteiger charge is 2.09. The van der Waals surface area contributed by atoms with E-state index in [1.807, 2.05) is 32.3 Å². The van der Waals surface area contributed by atoms with E-state index in [0.29, 0.717) is 6.42 Å². The Labute approximate surface area is 125 Å². The number of fused-ring (bicyclic) bond motifs is 1. The third kappa shape index (κ3) is 3.61. The molecule has 1 N–H and O–H groups in total. The van der Waals surface area contributed by atoms with E-state index in [9.17, 15) is 0 Å². The highest BCUT2D eigenvalue weighted by Crippen LogP contribution is 2.24. The van der Waals surface area contributed by atoms with Gasteiger partial charge < -0.3 is 15.0 Å². The van der Waals surface area contributed by atoms with Gasteiger partial charge in [0, 0.05) is 43.6 Å². The van der Waals surface area contributed by atoms with E-state index < -0.39 is 0 Å². The molecule has 1 heterocycles. The van der Waals surface area contributed by atoms with Crippen LogP contribution in [0.2, 0.25) is 0 Å². The Morgan fingerprint density at radius 3 is 2.86 bits per heavy atom. The highest BCUT2D eigenvalue weighted by molar-refractivity contribution is 5.83. The first-order valence-corrected chi connectivity index (χ1v) is 6.89. The van der Waals surface area contributed by atoms with Gasteiger partial charge in [0.1, 0.15) is 11.6 Å². The van der Waals surface area contributed by atoms with Crippen LogP contribution in [-0.4, -0.2) is 37.6 Å². The van der Waals surface area contributed by atoms with E-state index in [1.165, 1.54) is 0 Å². The molecule has 0 saturated heterocycles. The number of hydrogen-bond donors (Lipinski definition) is 1. The summed E-state index contributed by atoms with van der Waals surface area (Å²) in [6.45, 7) is 1.51. The molecule has 0 atom stereocenters. The monoisotopic (exact) mass is 284 g/mol. The first-order chi connectivity index (χ1) is 10.2. The summed E-state index contributed by atoms with van der Waals surface area (Å²) >= 11 is 0. The molecule has 0 radical (unpaired) electrons. The number of benzene rings is 1. The Morgan fingerprint density at radius 1 is 1.38 bits per heavy atom. The summed E-state index contributed by atoms with van der Waals surface area (Å²) in [5, 5.41) is 12.9. The minimum Gasteiger partial charge on any atom is -0.497 e. The fraction of sp³-hybridized carbons (Fsp3) is 0.375. The van der Waals surface area contributed by atoms with Gasteiger partial charge in [0.25, 0.3) is 0 Å². The largest absolute Gasteiger partial charge is 0.497 e. The number of nitrogens with zero attached hydrogens (tertiary/aromatic N) is 3. The van der Waals surface area contributed by atoms with Crippen molar-refractivity contribution in [2.75, 3.05) is 33.1 Å². The predicted octanol–water partition coefficient (Wildman–Crippen LogP) is 2.63. The summed E-state index contributed by atoms with van der Waals surface area (Å²) in [6, 6.07) is 10.2. The van der Waals surface area contributed by atoms with Gasteiger partial charge in [-0.2, -0.15) is 5.26 Å². The number of hydrogen-bond acceptors (Lipinski definition) is 5. The van der Waals surface area contributed by atoms with Crippen LogP contribution in [0, 0.1) is 11.3 Å². The lowest BCUT2D eigenvalue weighted by molar-refractivity contribution is 0.335. The Balaban J connectivity index is 2.32. The summed E-state index contributed by atoms with van der Waals surface area (Å²) in [5.41, 5.74) is 2.03. The topological polar surface area (TPSA) is 61.2 Å². The van der Waals surface area contributed by atoms with Gasteiger partial charge in [0.15, 0.2) is 0 Å². The smallest absolute Gasteiger partial charge is 0.130 e. The SMILES string of the molecule is CNc1nc2cc(OC)ccc2cc1CN(C)CCC#N. The second kappa shape index (κ2) is 6.91. The summed E-state index contributed by atoms with van der Waals surface area (Å²) in [6.07, 6.45) is 0.531. The fourth-order valence-corrected chi connectivity index (χ4v) is 2.27. The van der Waals surface area contributed by atoms with Crippen molar-refractivity contribution in [1.29, 1.82) is 5.26 Å². The van der Waals surface area contributed by atoms with Crippen LogP contribution in [-0.2, 0) is 6.54 Å². The molecule has 0 bridgehead atoms. The summed E-state index contributed by atoms with van der Waals surface area (Å²) in [7, 11) is 5.53. The van der Waals surface area contributed by atoms with Gasteiger partial charge in [-0.25, -0.2) is 4.98 Å². The van der Waals surface area contributed by atoms with Gasteiger partial charge in [-0.15, -0.1) is 0 Å². The van der Waals surface area contributed by atoms with E-state index in [4.69, 9.17) is 10.00 Å². The molecule has 2 aromatic rings. The van der Waals surface area contributed by atoms with Gasteiger partial charge in [-0.1, -0.05) is 0 Å². The standard InChI is InChI=1S/C16H20N4O/c1-18-16-13(11-20(2)8-4-7-17)9-12-5-6-14(21-3)10-15(12)19-16/h5-6,9-10H,4,8,11H2,1-3H3,(H,18,19). The number of pyridine rings is 1. The maximum absolute atomic E-state index is 8.66. The summed E-state index contributed by atoms with van der Waals surface area (Å²) < 4.78 is 5.24. The third-order valence-corrected chi connectivity index (χ3v) is 3.39. The summed E-state index contributed by atoms with van der Waals surface area (Å²) in [5.74, 6) is 1.66. The number of methoxy groups -OCH3 is 1. The Kier molecular flexibility index (Phi) is 4.96. The average Bonchev–Trinajstić information content (AvgIpc) is 2.51. The zero-order valence-corrected chi connectivity index (χ0v) is 12.7. The van der Waals surface area contributed by atoms with Crippen molar-refractivity contribution in [3.63, 3.8) is 0 Å². The van der Waals surface area contributed by atoms with Crippen molar-refractivity contribution in [1.82, 2.24) is 9.88 Å². The Hall–Kier alpha value is -2.32. The molecular formula is C16H20N4O. The van der Waals surface area contributed by atoms with Crippen molar-refractivity contribution in [2.24, 2.45) is 0 Å². The molecule has 110 valence electrons. The minimum atomic E-state index is 0.531. The first kappa shape index (κ1) is 15.1. The van der Waals surface area contributed by atoms with Crippen LogP contribution in [0.15, 0.2) is 24.3 Å². The summed E-state index contributed by atoms with van der Waals surface area (Å²) in [4.78, 5) is 6.77. The van der Waals surface area contributed by atoms with Crippen molar-refractivity contribution < 1.29 is 4.74 Å². The quantitative estimate of drug-likeness (QED) is 0.883. The number of nitriles is 1. The van der Waals surface area contributed by atoms with Crippen LogP contribution in [0.3, 0.4) is 0 Å². The molecule has 0 saturated carbocycles. The molecule has 0 aliphatic heterocycles. The second-order valence-electron chi connectivity index (χ2n) is 4.95. The molecule has 0 spiro atoms. The molecule has 21 heavy (non-hydrogen) atoms. The number of ether oxygens (including phenoxy) is 1. The molecule has 1 aromatic carbocycles. The van der Waals surface area contributed by atoms with E-state index in [2.05, 4.69) is 27.3 Å². The van der Waals surface area contributed by atoms with Crippen LogP contribution in [0.4, 0.5) is 5.82 Å². The van der Waals surface area contributed by atoms with Gasteiger partial charge in [-0.3, -0.25) is 0 Å². The number of aromatic nitrogens is 1. The van der Waals surface area contributed by atoms with Crippen LogP contribution in [0.1, 0.15) is 12.0 Å². The van der Waals surface area contributed by atoms with Crippen molar-refractivity contribution >= 4 is 16.7 Å². The van der Waals surface area contributed by atoms with E-state index in [-0.39, 0.29) is 0 Å². The van der Waals surface area contributed by atoms with Crippen LogP contribution in [0.5, 0.6) is 5.75 Å². The average molecular weight is 284 g/mol. The maximum atomic E-state index is 8.66. The van der Waals surface area contributed by atoms with E-state index in [0.717, 1.165) is 41.1 Å². The molecular weight excluding hydrogens is 264 g/mol. The molecule has 5 heteroatoms. The first-order valence-electron chi connectivity index (χ1n) is 6.89. The number of rotatable bonds is 6. The number of nitrogens with one attached hydrogen (secondary N) is 1. The van der Waals surface area contributed by atoms with E-state index >= 15 is 0 Å². The van der Waals surface area contributed by atoms with Crippen molar-refractivity contribution in [3.8, 4) is 11.8 Å². The van der Waals surface area contributed by atoms with Gasteiger partial charge >= 0.3 is 0 Å². The lowest BCUT2D eigenvalue weighted by Crippen LogP contribution is -2.19. The fourth-order valence-electron chi connectivity index (χ4n) is 2.27. The van der Waals surface area contributed by atoms with Crippen LogP contribution < -0.4 is 10.1 Å². The van der Waals surface area contributed by atoms with Crippen molar-refractivity contribution in [2.45, 2.75) is 13.0 Å². The van der Waals surface area contributed by atoms with Gasteiger partial charge in [0.05, 0.1) is 18.7 Å². The zero-order chi connectivity index (χ0) is 15.2. The Bertz CT molecular complexity index is 663. The Morgan fingerprint density at radius 2 is 2.19 bits per heavy atom. The normalized spacial score (nSPS) is 10.6. The lowest BCUT2D eigenvalue weighted by Gasteiger charge is -2.17. The van der Waals surface area contributed by atoms with Gasteiger partial charge in [0.2, 0.25) is 0 Å². The molecule has 0 amide bonds. The molecule has 2 rings (SSSR count). The minimum absolute atomic E-state index is 0.531. The molecule has 0 fully saturated rings. The van der Waals surface area contributed by atoms with E-state index in [1.54, 1.807) is 7.11 Å². The maximum Gasteiger partial charge on any atom is 0.130 e. The lowest BCUT2D eigenvalue weighted by atomic mass is 10.1. The third-order valence-electron chi connectivity index (χ3n) is 3.39. The molecule has 5 nitrogen and oxygen atoms in total. The van der Waals surface area contributed by atoms with Crippen LogP contribution >= 0.6 is 0 Å². The van der Waals surface area contributed by atoms with Crippen LogP contribution in [0.25, 0.3) is 10.9 Å². The zero-order valence-electron chi connectivity index (χ0n) is 12.7. The molecule has 0 unspecified atom stereocenters. The van der Waals surface area contributed by atoms with Crippen molar-refractivity contribution in [3.05, 3.63) is 29.8 Å². The predicted molar refractivity (Wildman–Crippen MR) is 84.4 cm³/mol. The molecule has 0 aliphatic carbocycles.